The molecular formula is C30H38Cl2N6O3. The van der Waals surface area contributed by atoms with Crippen molar-refractivity contribution in [3.05, 3.63) is 57.8 Å². The molecular weight excluding hydrogens is 563 g/mol. The Kier molecular flexibility index (Phi) is 9.60. The highest BCUT2D eigenvalue weighted by Crippen LogP contribution is 2.40. The second kappa shape index (κ2) is 13.3. The molecule has 1 N–H and O–H groups in total. The third-order valence-corrected chi connectivity index (χ3v) is 8.85. The number of rotatable bonds is 9. The fourth-order valence-corrected chi connectivity index (χ4v) is 6.07. The van der Waals surface area contributed by atoms with Crippen molar-refractivity contribution in [3.63, 3.8) is 0 Å². The Morgan fingerprint density at radius 3 is 2.12 bits per heavy atom. The molecule has 220 valence electrons. The van der Waals surface area contributed by atoms with E-state index in [4.69, 9.17) is 37.4 Å². The van der Waals surface area contributed by atoms with Gasteiger partial charge in [-0.05, 0) is 50.6 Å². The maximum Gasteiger partial charge on any atom is 0.227 e. The fourth-order valence-electron chi connectivity index (χ4n) is 5.46. The maximum absolute atomic E-state index is 6.45. The lowest BCUT2D eigenvalue weighted by atomic mass is 10.0. The zero-order valence-corrected chi connectivity index (χ0v) is 25.6. The van der Waals surface area contributed by atoms with Crippen molar-refractivity contribution in [1.29, 1.82) is 0 Å². The van der Waals surface area contributed by atoms with Crippen LogP contribution in [-0.2, 0) is 6.61 Å². The monoisotopic (exact) mass is 600 g/mol. The van der Waals surface area contributed by atoms with E-state index in [1.165, 1.54) is 58.9 Å². The smallest absolute Gasteiger partial charge is 0.227 e. The van der Waals surface area contributed by atoms with E-state index in [0.29, 0.717) is 44.8 Å². The van der Waals surface area contributed by atoms with Crippen molar-refractivity contribution in [3.8, 4) is 17.2 Å². The minimum atomic E-state index is 0.106. The number of likely N-dealkylation sites (N-methyl/N-ethyl adjacent to an activating group) is 1. The fraction of sp³-hybridized carbons (Fsp3) is 0.467. The molecule has 9 nitrogen and oxygen atoms in total. The molecule has 2 saturated heterocycles. The highest BCUT2D eigenvalue weighted by Gasteiger charge is 2.27. The van der Waals surface area contributed by atoms with Gasteiger partial charge in [0.05, 0.1) is 36.7 Å². The predicted molar refractivity (Wildman–Crippen MR) is 165 cm³/mol. The molecule has 1 aromatic heterocycles. The minimum absolute atomic E-state index is 0.106. The van der Waals surface area contributed by atoms with Gasteiger partial charge in [-0.25, -0.2) is 9.97 Å². The summed E-state index contributed by atoms with van der Waals surface area (Å²) in [5.41, 5.74) is 3.94. The number of hydrogen-bond acceptors (Lipinski definition) is 9. The lowest BCUT2D eigenvalue weighted by Gasteiger charge is -2.42. The van der Waals surface area contributed by atoms with Crippen LogP contribution in [0.2, 0.25) is 10.0 Å². The number of aryl methyl sites for hydroxylation is 1. The van der Waals surface area contributed by atoms with Crippen molar-refractivity contribution in [1.82, 2.24) is 19.8 Å². The van der Waals surface area contributed by atoms with Crippen LogP contribution in [0.3, 0.4) is 0 Å². The first-order valence-electron chi connectivity index (χ1n) is 13.9. The number of piperazine rings is 1. The van der Waals surface area contributed by atoms with Crippen LogP contribution in [0.25, 0.3) is 0 Å². The van der Waals surface area contributed by atoms with Gasteiger partial charge in [0.2, 0.25) is 5.95 Å². The van der Waals surface area contributed by atoms with Gasteiger partial charge >= 0.3 is 0 Å². The molecule has 0 unspecified atom stereocenters. The van der Waals surface area contributed by atoms with Gasteiger partial charge in [-0.3, -0.25) is 4.90 Å². The van der Waals surface area contributed by atoms with Crippen LogP contribution in [0.1, 0.15) is 24.0 Å². The van der Waals surface area contributed by atoms with Gasteiger partial charge in [-0.15, -0.1) is 0 Å². The van der Waals surface area contributed by atoms with E-state index in [0.717, 1.165) is 24.3 Å². The Morgan fingerprint density at radius 2 is 1.54 bits per heavy atom. The Hall–Kier alpha value is -2.98. The first-order valence-corrected chi connectivity index (χ1v) is 14.7. The van der Waals surface area contributed by atoms with Crippen molar-refractivity contribution >= 4 is 40.5 Å². The molecule has 11 heteroatoms. The molecule has 0 spiro atoms. The van der Waals surface area contributed by atoms with Gasteiger partial charge in [0.1, 0.15) is 18.1 Å². The number of piperidine rings is 1. The summed E-state index contributed by atoms with van der Waals surface area (Å²) in [7, 11) is 5.28. The topological polar surface area (TPSA) is 75.2 Å². The molecule has 3 aromatic rings. The van der Waals surface area contributed by atoms with Gasteiger partial charge in [0.25, 0.3) is 0 Å². The Morgan fingerprint density at radius 1 is 0.902 bits per heavy atom. The summed E-state index contributed by atoms with van der Waals surface area (Å²) in [6.45, 7) is 9.13. The molecule has 0 atom stereocenters. The van der Waals surface area contributed by atoms with Crippen LogP contribution in [0, 0.1) is 6.92 Å². The molecule has 0 radical (unpaired) electrons. The maximum atomic E-state index is 6.45. The highest BCUT2D eigenvalue weighted by molar-refractivity contribution is 6.37. The number of anilines is 3. The van der Waals surface area contributed by atoms with Gasteiger partial charge in [0, 0.05) is 68.3 Å². The second-order valence-electron chi connectivity index (χ2n) is 10.6. The molecule has 2 fully saturated rings. The molecule has 3 heterocycles. The number of aromatic nitrogens is 2. The summed E-state index contributed by atoms with van der Waals surface area (Å²) in [5.74, 6) is 1.88. The summed E-state index contributed by atoms with van der Waals surface area (Å²) in [5, 5.41) is 4.07. The Bertz CT molecular complexity index is 1300. The van der Waals surface area contributed by atoms with Gasteiger partial charge in [-0.2, -0.15) is 0 Å². The largest absolute Gasteiger partial charge is 0.495 e. The number of benzene rings is 2. The molecule has 2 aromatic carbocycles. The van der Waals surface area contributed by atoms with Gasteiger partial charge in [-0.1, -0.05) is 23.2 Å². The average molecular weight is 602 g/mol. The third kappa shape index (κ3) is 6.92. The zero-order chi connectivity index (χ0) is 28.9. The third-order valence-electron chi connectivity index (χ3n) is 8.02. The SMILES string of the molecule is COc1cc(OC)c(Cl)c(COc2cnc(Nc3ccc(N4CCC(N5CCN(C)CC5)CC4)cc3C)nc2)c1Cl. The molecule has 0 saturated carbocycles. The number of hydrogen-bond donors (Lipinski definition) is 1. The van der Waals surface area contributed by atoms with Crippen LogP contribution in [0.5, 0.6) is 17.2 Å². The number of methoxy groups -OCH3 is 2. The van der Waals surface area contributed by atoms with Crippen molar-refractivity contribution in [2.24, 2.45) is 0 Å². The zero-order valence-electron chi connectivity index (χ0n) is 24.1. The van der Waals surface area contributed by atoms with Gasteiger partial charge < -0.3 is 29.3 Å². The van der Waals surface area contributed by atoms with E-state index in [-0.39, 0.29) is 6.61 Å². The van der Waals surface area contributed by atoms with E-state index in [9.17, 15) is 0 Å². The van der Waals surface area contributed by atoms with Crippen LogP contribution >= 0.6 is 23.2 Å². The van der Waals surface area contributed by atoms with E-state index >= 15 is 0 Å². The summed E-state index contributed by atoms with van der Waals surface area (Å²) in [6, 6.07) is 8.87. The van der Waals surface area contributed by atoms with Crippen LogP contribution in [-0.4, -0.2) is 86.3 Å². The number of nitrogens with zero attached hydrogens (tertiary/aromatic N) is 5. The van der Waals surface area contributed by atoms with Crippen LogP contribution in [0.15, 0.2) is 36.7 Å². The summed E-state index contributed by atoms with van der Waals surface area (Å²) < 4.78 is 16.5. The van der Waals surface area contributed by atoms with E-state index in [2.05, 4.69) is 62.2 Å². The molecule has 0 bridgehead atoms. The molecule has 5 rings (SSSR count). The molecule has 0 aliphatic carbocycles. The Labute approximate surface area is 252 Å². The second-order valence-corrected chi connectivity index (χ2v) is 11.4. The molecule has 2 aliphatic heterocycles. The summed E-state index contributed by atoms with van der Waals surface area (Å²) in [4.78, 5) is 16.5. The van der Waals surface area contributed by atoms with Crippen LogP contribution < -0.4 is 24.4 Å². The molecule has 2 aliphatic rings. The summed E-state index contributed by atoms with van der Waals surface area (Å²) in [6.07, 6.45) is 5.66. The van der Waals surface area contributed by atoms with E-state index in [1.807, 2.05) is 0 Å². The van der Waals surface area contributed by atoms with E-state index in [1.54, 1.807) is 18.5 Å². The average Bonchev–Trinajstić information content (AvgIpc) is 2.99. The standard InChI is InChI=1S/C30H38Cl2N6O3/c1-20-15-22(37-9-7-21(8-10-37)38-13-11-36(2)12-14-38)5-6-25(20)35-30-33-17-23(18-34-30)41-19-24-28(31)26(39-3)16-27(40-4)29(24)32/h5-6,15-18,21H,7-14,19H2,1-4H3,(H,33,34,35). The lowest BCUT2D eigenvalue weighted by molar-refractivity contribution is 0.0982. The quantitative estimate of drug-likeness (QED) is 0.335. The van der Waals surface area contributed by atoms with Crippen molar-refractivity contribution in [2.75, 3.05) is 70.8 Å². The molecule has 41 heavy (non-hydrogen) atoms. The number of nitrogens with one attached hydrogen (secondary N) is 1. The number of halogens is 2. The first-order chi connectivity index (χ1) is 19.9. The van der Waals surface area contributed by atoms with Gasteiger partial charge in [0.15, 0.2) is 5.75 Å². The first kappa shape index (κ1) is 29.5. The molecule has 0 amide bonds. The number of ether oxygens (including phenoxy) is 3. The highest BCUT2D eigenvalue weighted by atomic mass is 35.5. The van der Waals surface area contributed by atoms with Crippen LogP contribution in [0.4, 0.5) is 17.3 Å². The minimum Gasteiger partial charge on any atom is -0.495 e. The van der Waals surface area contributed by atoms with E-state index < -0.39 is 0 Å². The van der Waals surface area contributed by atoms with Crippen molar-refractivity contribution < 1.29 is 14.2 Å². The predicted octanol–water partition coefficient (Wildman–Crippen LogP) is 5.65. The van der Waals surface area contributed by atoms with Crippen molar-refractivity contribution in [2.45, 2.75) is 32.4 Å². The lowest BCUT2D eigenvalue weighted by Crippen LogP contribution is -2.52. The Balaban J connectivity index is 1.16. The normalized spacial score (nSPS) is 17.0. The summed E-state index contributed by atoms with van der Waals surface area (Å²) >= 11 is 12.9.